The van der Waals surface area contributed by atoms with Gasteiger partial charge in [0.2, 0.25) is 5.92 Å². The first-order valence-electron chi connectivity index (χ1n) is 11.4. The minimum atomic E-state index is -2.48. The van der Waals surface area contributed by atoms with E-state index in [4.69, 9.17) is 0 Å². The van der Waals surface area contributed by atoms with Crippen LogP contribution in [0, 0.1) is 12.8 Å². The topological polar surface area (TPSA) is 37.8 Å². The Morgan fingerprint density at radius 1 is 1.00 bits per heavy atom. The lowest BCUT2D eigenvalue weighted by Crippen LogP contribution is -2.33. The van der Waals surface area contributed by atoms with Crippen LogP contribution in [0.3, 0.4) is 0 Å². The van der Waals surface area contributed by atoms with Crippen molar-refractivity contribution in [3.63, 3.8) is 0 Å². The van der Waals surface area contributed by atoms with Crippen LogP contribution < -0.4 is 5.32 Å². The largest absolute Gasteiger partial charge is 0.316 e. The van der Waals surface area contributed by atoms with Gasteiger partial charge in [0.15, 0.2) is 0 Å². The van der Waals surface area contributed by atoms with Crippen molar-refractivity contribution in [3.05, 3.63) is 23.8 Å². The zero-order valence-electron chi connectivity index (χ0n) is 17.9. The van der Waals surface area contributed by atoms with Gasteiger partial charge < -0.3 is 5.32 Å². The van der Waals surface area contributed by atoms with Crippen molar-refractivity contribution in [3.8, 4) is 0 Å². The molecule has 1 aliphatic rings. The fourth-order valence-corrected chi connectivity index (χ4v) is 4.26. The first kappa shape index (κ1) is 23.2. The number of aromatic nitrogens is 2. The normalized spacial score (nSPS) is 18.3. The van der Waals surface area contributed by atoms with E-state index in [-0.39, 0.29) is 24.7 Å². The van der Waals surface area contributed by atoms with Gasteiger partial charge in [-0.1, -0.05) is 51.9 Å². The zero-order chi connectivity index (χ0) is 20.2. The Kier molecular flexibility index (Phi) is 10.3. The first-order valence-corrected chi connectivity index (χ1v) is 11.4. The molecule has 1 aliphatic carbocycles. The molecular weight excluding hydrogens is 356 g/mol. The molecule has 0 aromatic carbocycles. The molecular formula is C23H39F2N3. The molecule has 1 saturated carbocycles. The van der Waals surface area contributed by atoms with Gasteiger partial charge in [-0.3, -0.25) is 0 Å². The minimum absolute atomic E-state index is 0.0128. The molecule has 0 aliphatic heterocycles. The van der Waals surface area contributed by atoms with Crippen LogP contribution in [-0.4, -0.2) is 29.0 Å². The predicted octanol–water partition coefficient (Wildman–Crippen LogP) is 6.42. The molecule has 3 nitrogen and oxygen atoms in total. The van der Waals surface area contributed by atoms with Crippen LogP contribution in [0.5, 0.6) is 0 Å². The van der Waals surface area contributed by atoms with Gasteiger partial charge in [0, 0.05) is 37.7 Å². The van der Waals surface area contributed by atoms with Crippen LogP contribution in [0.4, 0.5) is 8.78 Å². The van der Waals surface area contributed by atoms with E-state index in [0.29, 0.717) is 12.8 Å². The molecule has 0 radical (unpaired) electrons. The lowest BCUT2D eigenvalue weighted by atomic mass is 9.76. The SMILES string of the molecule is CCCCCCCCCCNCC(c1cnc(C)nc1)C1CCC(F)(F)CC1. The second-order valence-corrected chi connectivity index (χ2v) is 8.54. The number of nitrogens with zero attached hydrogens (tertiary/aromatic N) is 2. The number of hydrogen-bond acceptors (Lipinski definition) is 3. The maximum atomic E-state index is 13.6. The highest BCUT2D eigenvalue weighted by molar-refractivity contribution is 5.14. The second kappa shape index (κ2) is 12.5. The molecule has 2 rings (SSSR count). The molecule has 0 saturated heterocycles. The fourth-order valence-electron chi connectivity index (χ4n) is 4.26. The fraction of sp³-hybridized carbons (Fsp3) is 0.826. The van der Waals surface area contributed by atoms with Crippen LogP contribution in [0.1, 0.15) is 101 Å². The van der Waals surface area contributed by atoms with Gasteiger partial charge in [-0.25, -0.2) is 18.7 Å². The van der Waals surface area contributed by atoms with E-state index < -0.39 is 5.92 Å². The standard InChI is InChI=1S/C23H39F2N3/c1-3-4-5-6-7-8-9-10-15-26-18-22(21-16-27-19(2)28-17-21)20-11-13-23(24,25)14-12-20/h16-17,20,22,26H,3-15,18H2,1-2H3. The number of halogens is 2. The van der Waals surface area contributed by atoms with E-state index in [1.54, 1.807) is 0 Å². The monoisotopic (exact) mass is 395 g/mol. The van der Waals surface area contributed by atoms with Gasteiger partial charge in [-0.05, 0) is 44.2 Å². The Hall–Kier alpha value is -1.10. The quantitative estimate of drug-likeness (QED) is 0.391. The molecule has 5 heteroatoms. The molecule has 1 unspecified atom stereocenters. The third-order valence-corrected chi connectivity index (χ3v) is 6.13. The summed E-state index contributed by atoms with van der Waals surface area (Å²) in [5.74, 6) is -1.21. The average molecular weight is 396 g/mol. The molecule has 0 amide bonds. The van der Waals surface area contributed by atoms with Gasteiger partial charge >= 0.3 is 0 Å². The molecule has 1 aromatic heterocycles. The molecule has 1 atom stereocenters. The smallest absolute Gasteiger partial charge is 0.248 e. The number of aryl methyl sites for hydroxylation is 1. The molecule has 0 bridgehead atoms. The van der Waals surface area contributed by atoms with Crippen LogP contribution in [-0.2, 0) is 0 Å². The maximum absolute atomic E-state index is 13.6. The third kappa shape index (κ3) is 8.50. The van der Waals surface area contributed by atoms with E-state index in [1.165, 1.54) is 51.4 Å². The Labute approximate surface area is 170 Å². The summed E-state index contributed by atoms with van der Waals surface area (Å²) in [5, 5.41) is 3.58. The van der Waals surface area contributed by atoms with Gasteiger partial charge in [-0.15, -0.1) is 0 Å². The van der Waals surface area contributed by atoms with Crippen molar-refractivity contribution in [2.45, 2.75) is 103 Å². The van der Waals surface area contributed by atoms with Crippen molar-refractivity contribution in [1.29, 1.82) is 0 Å². The molecule has 1 heterocycles. The summed E-state index contributed by atoms with van der Waals surface area (Å²) in [6, 6.07) is 0. The number of unbranched alkanes of at least 4 members (excludes halogenated alkanes) is 7. The summed E-state index contributed by atoms with van der Waals surface area (Å²) in [7, 11) is 0. The van der Waals surface area contributed by atoms with E-state index in [9.17, 15) is 8.78 Å². The van der Waals surface area contributed by atoms with E-state index in [1.807, 2.05) is 19.3 Å². The van der Waals surface area contributed by atoms with Crippen molar-refractivity contribution in [2.75, 3.05) is 13.1 Å². The molecule has 160 valence electrons. The summed E-state index contributed by atoms with van der Waals surface area (Å²) in [4.78, 5) is 8.67. The van der Waals surface area contributed by atoms with E-state index >= 15 is 0 Å². The Balaban J connectivity index is 1.73. The number of hydrogen-bond donors (Lipinski definition) is 1. The summed E-state index contributed by atoms with van der Waals surface area (Å²) >= 11 is 0. The Bertz CT molecular complexity index is 523. The van der Waals surface area contributed by atoms with Gasteiger partial charge in [-0.2, -0.15) is 0 Å². The summed E-state index contributed by atoms with van der Waals surface area (Å²) in [6.45, 7) is 5.96. The summed E-state index contributed by atoms with van der Waals surface area (Å²) in [5.41, 5.74) is 1.09. The molecule has 0 spiro atoms. The molecule has 1 N–H and O–H groups in total. The maximum Gasteiger partial charge on any atom is 0.248 e. The first-order chi connectivity index (χ1) is 13.5. The van der Waals surface area contributed by atoms with Crippen LogP contribution in [0.25, 0.3) is 0 Å². The van der Waals surface area contributed by atoms with Gasteiger partial charge in [0.25, 0.3) is 0 Å². The average Bonchev–Trinajstić information content (AvgIpc) is 2.68. The highest BCUT2D eigenvalue weighted by Gasteiger charge is 2.38. The lowest BCUT2D eigenvalue weighted by Gasteiger charge is -2.34. The Morgan fingerprint density at radius 3 is 2.18 bits per heavy atom. The minimum Gasteiger partial charge on any atom is -0.316 e. The molecule has 1 fully saturated rings. The van der Waals surface area contributed by atoms with E-state index in [2.05, 4.69) is 22.2 Å². The van der Waals surface area contributed by atoms with Gasteiger partial charge in [0.05, 0.1) is 0 Å². The summed E-state index contributed by atoms with van der Waals surface area (Å²) in [6.07, 6.45) is 15.5. The Morgan fingerprint density at radius 2 is 1.57 bits per heavy atom. The zero-order valence-corrected chi connectivity index (χ0v) is 17.9. The third-order valence-electron chi connectivity index (χ3n) is 6.13. The summed E-state index contributed by atoms with van der Waals surface area (Å²) < 4.78 is 27.2. The highest BCUT2D eigenvalue weighted by Crippen LogP contribution is 2.41. The van der Waals surface area contributed by atoms with Gasteiger partial charge in [0.1, 0.15) is 5.82 Å². The lowest BCUT2D eigenvalue weighted by molar-refractivity contribution is -0.0485. The van der Waals surface area contributed by atoms with Crippen LogP contribution >= 0.6 is 0 Å². The highest BCUT2D eigenvalue weighted by atomic mass is 19.3. The number of nitrogens with one attached hydrogen (secondary N) is 1. The molecule has 1 aromatic rings. The van der Waals surface area contributed by atoms with E-state index in [0.717, 1.165) is 24.5 Å². The van der Waals surface area contributed by atoms with Crippen molar-refractivity contribution >= 4 is 0 Å². The number of rotatable bonds is 13. The predicted molar refractivity (Wildman–Crippen MR) is 112 cm³/mol. The van der Waals surface area contributed by atoms with Crippen LogP contribution in [0.15, 0.2) is 12.4 Å². The molecule has 28 heavy (non-hydrogen) atoms. The van der Waals surface area contributed by atoms with Crippen molar-refractivity contribution in [2.24, 2.45) is 5.92 Å². The number of alkyl halides is 2. The van der Waals surface area contributed by atoms with Crippen LogP contribution in [0.2, 0.25) is 0 Å². The second-order valence-electron chi connectivity index (χ2n) is 8.54. The van der Waals surface area contributed by atoms with Crippen molar-refractivity contribution < 1.29 is 8.78 Å². The van der Waals surface area contributed by atoms with Crippen molar-refractivity contribution in [1.82, 2.24) is 15.3 Å².